The molecule has 25 heavy (non-hydrogen) atoms. The zero-order valence-electron chi connectivity index (χ0n) is 13.1. The van der Waals surface area contributed by atoms with E-state index in [-0.39, 0.29) is 13.0 Å². The molecule has 0 aromatic heterocycles. The van der Waals surface area contributed by atoms with Gasteiger partial charge in [-0.2, -0.15) is 0 Å². The highest BCUT2D eigenvalue weighted by molar-refractivity contribution is 6.76. The zero-order valence-corrected chi connectivity index (χ0v) is 15.4. The summed E-state index contributed by atoms with van der Waals surface area (Å²) in [5.41, 5.74) is 1.64. The van der Waals surface area contributed by atoms with Gasteiger partial charge in [-0.25, -0.2) is 4.79 Å². The van der Waals surface area contributed by atoms with E-state index in [4.69, 9.17) is 39.5 Å². The molecule has 0 bridgehead atoms. The number of ether oxygens (including phenoxy) is 1. The van der Waals surface area contributed by atoms with Crippen LogP contribution in [0.25, 0.3) is 0 Å². The van der Waals surface area contributed by atoms with Crippen LogP contribution in [-0.2, 0) is 22.6 Å². The smallest absolute Gasteiger partial charge is 0.408 e. The number of nitrogens with one attached hydrogen (secondary N) is 1. The Labute approximate surface area is 161 Å². The third-order valence-corrected chi connectivity index (χ3v) is 3.94. The molecule has 1 amide bonds. The van der Waals surface area contributed by atoms with Crippen LogP contribution in [0.15, 0.2) is 60.7 Å². The molecule has 2 rings (SSSR count). The molecule has 0 radical (unpaired) electrons. The number of carbonyl (C=O) groups is 2. The molecule has 2 aromatic rings. The second-order valence-corrected chi connectivity index (χ2v) is 7.59. The minimum absolute atomic E-state index is 0.0761. The van der Waals surface area contributed by atoms with E-state index in [1.807, 2.05) is 60.7 Å². The van der Waals surface area contributed by atoms with Crippen molar-refractivity contribution in [3.8, 4) is 0 Å². The molecule has 1 unspecified atom stereocenters. The molecule has 0 aliphatic rings. The molecule has 0 saturated heterocycles. The van der Waals surface area contributed by atoms with Crippen molar-refractivity contribution in [1.82, 2.24) is 5.32 Å². The van der Waals surface area contributed by atoms with E-state index in [0.29, 0.717) is 0 Å². The number of hydrogen-bond donors (Lipinski definition) is 1. The van der Waals surface area contributed by atoms with E-state index >= 15 is 0 Å². The number of amides is 1. The van der Waals surface area contributed by atoms with Gasteiger partial charge < -0.3 is 10.1 Å². The maximum absolute atomic E-state index is 12.3. The second-order valence-electron chi connectivity index (χ2n) is 5.31. The Bertz CT molecular complexity index is 703. The van der Waals surface area contributed by atoms with Gasteiger partial charge in [-0.3, -0.25) is 4.79 Å². The Hall–Kier alpha value is -1.75. The molecule has 4 nitrogen and oxygen atoms in total. The third kappa shape index (κ3) is 6.58. The highest BCUT2D eigenvalue weighted by Gasteiger charge is 2.37. The maximum Gasteiger partial charge on any atom is 0.408 e. The first-order valence-electron chi connectivity index (χ1n) is 7.48. The number of hydrogen-bond acceptors (Lipinski definition) is 3. The summed E-state index contributed by atoms with van der Waals surface area (Å²) in [5, 5.41) is 2.48. The second kappa shape index (κ2) is 9.09. The molecule has 7 heteroatoms. The van der Waals surface area contributed by atoms with Gasteiger partial charge in [0.2, 0.25) is 5.78 Å². The molecular formula is C18H16Cl3NO3. The number of alkyl carbamates (subject to hydrolysis) is 1. The van der Waals surface area contributed by atoms with Crippen molar-refractivity contribution in [2.45, 2.75) is 22.9 Å². The predicted octanol–water partition coefficient (Wildman–Crippen LogP) is 4.46. The summed E-state index contributed by atoms with van der Waals surface area (Å²) >= 11 is 17.1. The third-order valence-electron chi connectivity index (χ3n) is 3.38. The summed E-state index contributed by atoms with van der Waals surface area (Å²) in [6, 6.07) is 17.3. The van der Waals surface area contributed by atoms with Crippen LogP contribution in [0.5, 0.6) is 0 Å². The standard InChI is InChI=1S/C18H16Cl3NO3/c19-18(20,21)16(23)15(11-13-7-3-1-4-8-13)22-17(24)25-12-14-9-5-2-6-10-14/h1-10,15H,11-12H2,(H,22,24). The van der Waals surface area contributed by atoms with Crippen LogP contribution < -0.4 is 5.32 Å². The topological polar surface area (TPSA) is 55.4 Å². The summed E-state index contributed by atoms with van der Waals surface area (Å²) < 4.78 is 2.99. The fraction of sp³-hybridized carbons (Fsp3) is 0.222. The van der Waals surface area contributed by atoms with E-state index in [1.165, 1.54) is 0 Å². The van der Waals surface area contributed by atoms with Gasteiger partial charge in [-0.1, -0.05) is 95.5 Å². The van der Waals surface area contributed by atoms with Gasteiger partial charge in [0.25, 0.3) is 3.79 Å². The van der Waals surface area contributed by atoms with Crippen LogP contribution in [0.3, 0.4) is 0 Å². The largest absolute Gasteiger partial charge is 0.445 e. The molecule has 0 spiro atoms. The Morgan fingerprint density at radius 2 is 1.44 bits per heavy atom. The lowest BCUT2D eigenvalue weighted by Crippen LogP contribution is -2.47. The number of alkyl halides is 3. The average Bonchev–Trinajstić information content (AvgIpc) is 2.60. The van der Waals surface area contributed by atoms with Gasteiger partial charge in [0.1, 0.15) is 6.61 Å². The number of carbonyl (C=O) groups excluding carboxylic acids is 2. The minimum Gasteiger partial charge on any atom is -0.445 e. The minimum atomic E-state index is -2.13. The highest BCUT2D eigenvalue weighted by Crippen LogP contribution is 2.29. The van der Waals surface area contributed by atoms with Gasteiger partial charge >= 0.3 is 6.09 Å². The highest BCUT2D eigenvalue weighted by atomic mass is 35.6. The zero-order chi connectivity index (χ0) is 18.3. The van der Waals surface area contributed by atoms with E-state index in [1.54, 1.807) is 0 Å². The Kier molecular flexibility index (Phi) is 7.12. The van der Waals surface area contributed by atoms with Gasteiger partial charge in [0.15, 0.2) is 0 Å². The lowest BCUT2D eigenvalue weighted by Gasteiger charge is -2.21. The van der Waals surface area contributed by atoms with Crippen molar-refractivity contribution >= 4 is 46.7 Å². The van der Waals surface area contributed by atoms with Crippen molar-refractivity contribution in [1.29, 1.82) is 0 Å². The van der Waals surface area contributed by atoms with Crippen molar-refractivity contribution in [3.63, 3.8) is 0 Å². The lowest BCUT2D eigenvalue weighted by atomic mass is 10.0. The molecule has 0 saturated carbocycles. The van der Waals surface area contributed by atoms with Crippen LogP contribution >= 0.6 is 34.8 Å². The lowest BCUT2D eigenvalue weighted by molar-refractivity contribution is -0.120. The van der Waals surface area contributed by atoms with Gasteiger partial charge in [-0.05, 0) is 11.1 Å². The van der Waals surface area contributed by atoms with E-state index in [0.717, 1.165) is 11.1 Å². The first-order valence-corrected chi connectivity index (χ1v) is 8.62. The van der Waals surface area contributed by atoms with Crippen molar-refractivity contribution in [3.05, 3.63) is 71.8 Å². The molecule has 0 fully saturated rings. The van der Waals surface area contributed by atoms with Crippen LogP contribution in [0, 0.1) is 0 Å². The molecule has 0 heterocycles. The molecule has 1 N–H and O–H groups in total. The summed E-state index contributed by atoms with van der Waals surface area (Å²) in [4.78, 5) is 24.3. The summed E-state index contributed by atoms with van der Waals surface area (Å²) in [7, 11) is 0. The number of benzene rings is 2. The van der Waals surface area contributed by atoms with Crippen LogP contribution in [0.4, 0.5) is 4.79 Å². The van der Waals surface area contributed by atoms with E-state index < -0.39 is 21.7 Å². The Morgan fingerprint density at radius 1 is 0.920 bits per heavy atom. The predicted molar refractivity (Wildman–Crippen MR) is 99.0 cm³/mol. The molecular weight excluding hydrogens is 385 g/mol. The van der Waals surface area contributed by atoms with Crippen molar-refractivity contribution in [2.24, 2.45) is 0 Å². The molecule has 0 aliphatic carbocycles. The summed E-state index contributed by atoms with van der Waals surface area (Å²) in [5.74, 6) is -0.724. The first-order chi connectivity index (χ1) is 11.9. The average molecular weight is 401 g/mol. The molecule has 0 aliphatic heterocycles. The van der Waals surface area contributed by atoms with Gasteiger partial charge in [0.05, 0.1) is 6.04 Å². The number of ketones is 1. The Morgan fingerprint density at radius 3 is 1.96 bits per heavy atom. The fourth-order valence-corrected chi connectivity index (χ4v) is 2.56. The van der Waals surface area contributed by atoms with Crippen LogP contribution in [-0.4, -0.2) is 21.7 Å². The van der Waals surface area contributed by atoms with E-state index in [2.05, 4.69) is 5.32 Å². The number of Topliss-reactive ketones (excluding diaryl/α,β-unsaturated/α-hetero) is 1. The van der Waals surface area contributed by atoms with Crippen molar-refractivity contribution < 1.29 is 14.3 Å². The maximum atomic E-state index is 12.3. The quantitative estimate of drug-likeness (QED) is 0.728. The monoisotopic (exact) mass is 399 g/mol. The fourth-order valence-electron chi connectivity index (χ4n) is 2.16. The normalized spacial score (nSPS) is 12.3. The SMILES string of the molecule is O=C(NC(Cc1ccccc1)C(=O)C(Cl)(Cl)Cl)OCc1ccccc1. The van der Waals surface area contributed by atoms with Gasteiger partial charge in [0, 0.05) is 6.42 Å². The molecule has 2 aromatic carbocycles. The van der Waals surface area contributed by atoms with Crippen LogP contribution in [0.2, 0.25) is 0 Å². The number of rotatable bonds is 6. The van der Waals surface area contributed by atoms with Gasteiger partial charge in [-0.15, -0.1) is 0 Å². The number of halogens is 3. The first kappa shape index (κ1) is 19.6. The summed E-state index contributed by atoms with van der Waals surface area (Å²) in [6.07, 6.45) is -0.569. The van der Waals surface area contributed by atoms with Crippen LogP contribution in [0.1, 0.15) is 11.1 Å². The Balaban J connectivity index is 2.02. The van der Waals surface area contributed by atoms with Crippen molar-refractivity contribution in [2.75, 3.05) is 0 Å². The molecule has 1 atom stereocenters. The van der Waals surface area contributed by atoms with E-state index in [9.17, 15) is 9.59 Å². The summed E-state index contributed by atoms with van der Waals surface area (Å²) in [6.45, 7) is 0.0761. The molecule has 132 valence electrons.